The van der Waals surface area contributed by atoms with Crippen LogP contribution in [0.15, 0.2) is 5.03 Å². The zero-order valence-electron chi connectivity index (χ0n) is 14.5. The molecule has 5 nitrogen and oxygen atoms in total. The number of rotatable bonds is 7. The minimum absolute atomic E-state index is 0.0325. The fraction of sp³-hybridized carbons (Fsp3) is 0.647. The van der Waals surface area contributed by atoms with Crippen molar-refractivity contribution in [2.75, 3.05) is 5.75 Å². The van der Waals surface area contributed by atoms with Crippen LogP contribution in [0.4, 0.5) is 0 Å². The van der Waals surface area contributed by atoms with Crippen molar-refractivity contribution in [2.24, 2.45) is 5.92 Å². The average Bonchev–Trinajstić information content (AvgIpc) is 3.28. The highest BCUT2D eigenvalue weighted by Crippen LogP contribution is 2.39. The third kappa shape index (κ3) is 4.77. The Balaban J connectivity index is 2.11. The number of aromatic nitrogens is 2. The summed E-state index contributed by atoms with van der Waals surface area (Å²) in [7, 11) is 0. The second kappa shape index (κ2) is 7.43. The molecule has 0 aromatic carbocycles. The molecular formula is C17H25N3O2S. The van der Waals surface area contributed by atoms with Crippen LogP contribution in [0.1, 0.15) is 68.3 Å². The van der Waals surface area contributed by atoms with Gasteiger partial charge in [-0.15, -0.1) is 0 Å². The summed E-state index contributed by atoms with van der Waals surface area (Å²) in [6.07, 6.45) is 2.21. The van der Waals surface area contributed by atoms with Crippen molar-refractivity contribution < 1.29 is 9.59 Å². The molecule has 0 spiro atoms. The molecule has 23 heavy (non-hydrogen) atoms. The van der Waals surface area contributed by atoms with Crippen LogP contribution in [0, 0.1) is 12.8 Å². The zero-order chi connectivity index (χ0) is 17.1. The minimum Gasteiger partial charge on any atom is -0.353 e. The molecule has 1 atom stereocenters. The molecular weight excluding hydrogens is 310 g/mol. The molecule has 0 bridgehead atoms. The van der Waals surface area contributed by atoms with Crippen molar-refractivity contribution >= 4 is 23.5 Å². The van der Waals surface area contributed by atoms with Crippen LogP contribution in [0.2, 0.25) is 0 Å². The van der Waals surface area contributed by atoms with Gasteiger partial charge in [0.05, 0.1) is 17.0 Å². The van der Waals surface area contributed by atoms with Gasteiger partial charge in [0, 0.05) is 12.0 Å². The highest BCUT2D eigenvalue weighted by Gasteiger charge is 2.29. The topological polar surface area (TPSA) is 72.0 Å². The Kier molecular flexibility index (Phi) is 5.79. The normalized spacial score (nSPS) is 15.6. The van der Waals surface area contributed by atoms with Gasteiger partial charge in [-0.1, -0.05) is 25.6 Å². The predicted molar refractivity (Wildman–Crippen MR) is 91.9 cm³/mol. The fourth-order valence-electron chi connectivity index (χ4n) is 2.20. The third-order valence-electron chi connectivity index (χ3n) is 4.10. The number of aryl methyl sites for hydroxylation is 1. The van der Waals surface area contributed by atoms with E-state index >= 15 is 0 Å². The monoisotopic (exact) mass is 335 g/mol. The second-order valence-electron chi connectivity index (χ2n) is 6.57. The van der Waals surface area contributed by atoms with E-state index in [-0.39, 0.29) is 23.5 Å². The van der Waals surface area contributed by atoms with Crippen molar-refractivity contribution in [3.05, 3.63) is 17.1 Å². The Hall–Kier alpha value is -1.43. The highest BCUT2D eigenvalue weighted by atomic mass is 32.2. The molecule has 1 aliphatic rings. The largest absolute Gasteiger partial charge is 0.353 e. The van der Waals surface area contributed by atoms with E-state index in [1.165, 1.54) is 18.7 Å². The first-order valence-electron chi connectivity index (χ1n) is 8.11. The van der Waals surface area contributed by atoms with Gasteiger partial charge >= 0.3 is 0 Å². The van der Waals surface area contributed by atoms with E-state index in [0.717, 1.165) is 18.7 Å². The molecule has 1 N–H and O–H groups in total. The lowest BCUT2D eigenvalue weighted by Gasteiger charge is -2.17. The van der Waals surface area contributed by atoms with E-state index in [4.69, 9.17) is 0 Å². The van der Waals surface area contributed by atoms with Crippen molar-refractivity contribution in [1.82, 2.24) is 15.3 Å². The number of hydrogen-bond donors (Lipinski definition) is 1. The lowest BCUT2D eigenvalue weighted by Crippen LogP contribution is -2.37. The molecule has 0 saturated heterocycles. The summed E-state index contributed by atoms with van der Waals surface area (Å²) in [5, 5.41) is 3.61. The molecule has 1 aromatic heterocycles. The van der Waals surface area contributed by atoms with Crippen LogP contribution < -0.4 is 5.32 Å². The van der Waals surface area contributed by atoms with Gasteiger partial charge in [0.2, 0.25) is 5.91 Å². The highest BCUT2D eigenvalue weighted by molar-refractivity contribution is 8.00. The second-order valence-corrected chi connectivity index (χ2v) is 7.53. The Bertz CT molecular complexity index is 612. The molecule has 1 amide bonds. The number of carbonyl (C=O) groups is 2. The quantitative estimate of drug-likeness (QED) is 0.471. The summed E-state index contributed by atoms with van der Waals surface area (Å²) in [4.78, 5) is 33.0. The molecule has 1 fully saturated rings. The van der Waals surface area contributed by atoms with Crippen molar-refractivity contribution in [2.45, 2.75) is 64.4 Å². The molecule has 6 heteroatoms. The van der Waals surface area contributed by atoms with Gasteiger partial charge in [-0.3, -0.25) is 9.59 Å². The molecule has 1 aliphatic carbocycles. The fourth-order valence-corrected chi connectivity index (χ4v) is 3.14. The maximum Gasteiger partial charge on any atom is 0.230 e. The standard InChI is InChI=1S/C17H25N3O2S/c1-9(2)10(3)18-14(22)8-23-17-15(12(5)21)11(4)19-16(20-17)13-6-7-13/h9-10,13H,6-8H2,1-5H3,(H,18,22)/t10-/m1/s1. The first kappa shape index (κ1) is 17.9. The van der Waals surface area contributed by atoms with Crippen LogP contribution in [-0.2, 0) is 4.79 Å². The van der Waals surface area contributed by atoms with Gasteiger partial charge in [-0.25, -0.2) is 9.97 Å². The number of Topliss-reactive ketones (excluding diaryl/α,β-unsaturated/α-hetero) is 1. The van der Waals surface area contributed by atoms with Crippen LogP contribution in [0.5, 0.6) is 0 Å². The van der Waals surface area contributed by atoms with Crippen molar-refractivity contribution in [3.63, 3.8) is 0 Å². The number of nitrogens with one attached hydrogen (secondary N) is 1. The summed E-state index contributed by atoms with van der Waals surface area (Å²) < 4.78 is 0. The maximum absolute atomic E-state index is 12.1. The Labute approximate surface area is 142 Å². The lowest BCUT2D eigenvalue weighted by molar-refractivity contribution is -0.119. The van der Waals surface area contributed by atoms with E-state index in [1.54, 1.807) is 0 Å². The molecule has 0 radical (unpaired) electrons. The van der Waals surface area contributed by atoms with Crippen molar-refractivity contribution in [3.8, 4) is 0 Å². The Morgan fingerprint density at radius 2 is 1.91 bits per heavy atom. The van der Waals surface area contributed by atoms with Crippen LogP contribution in [-0.4, -0.2) is 33.5 Å². The Morgan fingerprint density at radius 3 is 2.43 bits per heavy atom. The number of hydrogen-bond acceptors (Lipinski definition) is 5. The van der Waals surface area contributed by atoms with Gasteiger partial charge in [0.25, 0.3) is 0 Å². The summed E-state index contributed by atoms with van der Waals surface area (Å²) in [6, 6.07) is 0.129. The third-order valence-corrected chi connectivity index (χ3v) is 5.07. The van der Waals surface area contributed by atoms with Crippen LogP contribution in [0.25, 0.3) is 0 Å². The predicted octanol–water partition coefficient (Wildman–Crippen LogP) is 3.12. The summed E-state index contributed by atoms with van der Waals surface area (Å²) in [6.45, 7) is 9.50. The summed E-state index contributed by atoms with van der Waals surface area (Å²) >= 11 is 1.33. The van der Waals surface area contributed by atoms with E-state index < -0.39 is 0 Å². The van der Waals surface area contributed by atoms with Crippen molar-refractivity contribution in [1.29, 1.82) is 0 Å². The number of nitrogens with zero attached hydrogens (tertiary/aromatic N) is 2. The first-order chi connectivity index (χ1) is 10.8. The van der Waals surface area contributed by atoms with Gasteiger partial charge in [-0.05, 0) is 39.5 Å². The number of carbonyl (C=O) groups excluding carboxylic acids is 2. The SMILES string of the molecule is CC(=O)c1c(C)nc(C2CC2)nc1SCC(=O)N[C@H](C)C(C)C. The molecule has 0 unspecified atom stereocenters. The minimum atomic E-state index is -0.0525. The van der Waals surface area contributed by atoms with E-state index in [2.05, 4.69) is 29.1 Å². The van der Waals surface area contributed by atoms with Crippen LogP contribution >= 0.6 is 11.8 Å². The van der Waals surface area contributed by atoms with Gasteiger partial charge in [-0.2, -0.15) is 0 Å². The van der Waals surface area contributed by atoms with E-state index in [9.17, 15) is 9.59 Å². The number of amides is 1. The molecule has 1 saturated carbocycles. The number of thioether (sulfide) groups is 1. The summed E-state index contributed by atoms with van der Waals surface area (Å²) in [5.41, 5.74) is 1.26. The summed E-state index contributed by atoms with van der Waals surface area (Å²) in [5.74, 6) is 1.80. The van der Waals surface area contributed by atoms with E-state index in [1.807, 2.05) is 13.8 Å². The van der Waals surface area contributed by atoms with Gasteiger partial charge in [0.15, 0.2) is 5.78 Å². The van der Waals surface area contributed by atoms with Gasteiger partial charge in [0.1, 0.15) is 10.9 Å². The smallest absolute Gasteiger partial charge is 0.230 e. The first-order valence-corrected chi connectivity index (χ1v) is 9.09. The molecule has 2 rings (SSSR count). The number of ketones is 1. The maximum atomic E-state index is 12.1. The van der Waals surface area contributed by atoms with Gasteiger partial charge < -0.3 is 5.32 Å². The lowest BCUT2D eigenvalue weighted by atomic mass is 10.1. The molecule has 1 heterocycles. The molecule has 126 valence electrons. The van der Waals surface area contributed by atoms with Crippen LogP contribution in [0.3, 0.4) is 0 Å². The molecule has 1 aromatic rings. The van der Waals surface area contributed by atoms with E-state index in [0.29, 0.717) is 28.1 Å². The Morgan fingerprint density at radius 1 is 1.26 bits per heavy atom. The molecule has 0 aliphatic heterocycles. The zero-order valence-corrected chi connectivity index (χ0v) is 15.3. The average molecular weight is 335 g/mol.